The summed E-state index contributed by atoms with van der Waals surface area (Å²) < 4.78 is 27.1. The lowest BCUT2D eigenvalue weighted by Gasteiger charge is -2.19. The summed E-state index contributed by atoms with van der Waals surface area (Å²) in [4.78, 5) is 17.5. The fourth-order valence-corrected chi connectivity index (χ4v) is 4.72. The number of aryl methyl sites for hydroxylation is 1. The molecule has 0 fully saturated rings. The highest BCUT2D eigenvalue weighted by molar-refractivity contribution is 7.90. The Hall–Kier alpha value is -3.59. The highest BCUT2D eigenvalue weighted by atomic mass is 32.2. The quantitative estimate of drug-likeness (QED) is 0.477. The van der Waals surface area contributed by atoms with Gasteiger partial charge in [-0.3, -0.25) is 4.79 Å². The lowest BCUT2D eigenvalue weighted by atomic mass is 9.92. The van der Waals surface area contributed by atoms with Gasteiger partial charge in [0, 0.05) is 30.3 Å². The van der Waals surface area contributed by atoms with Crippen LogP contribution in [0.15, 0.2) is 70.7 Å². The van der Waals surface area contributed by atoms with Gasteiger partial charge < -0.3 is 0 Å². The third kappa shape index (κ3) is 3.64. The lowest BCUT2D eigenvalue weighted by Crippen LogP contribution is -2.17. The van der Waals surface area contributed by atoms with Gasteiger partial charge in [0.15, 0.2) is 21.3 Å². The molecule has 0 amide bonds. The summed E-state index contributed by atoms with van der Waals surface area (Å²) in [5, 5.41) is 8.97. The van der Waals surface area contributed by atoms with E-state index in [4.69, 9.17) is 0 Å². The Labute approximate surface area is 185 Å². The number of nitrogens with zero attached hydrogens (tertiary/aromatic N) is 5. The van der Waals surface area contributed by atoms with Crippen LogP contribution in [-0.2, 0) is 22.7 Å². The van der Waals surface area contributed by atoms with Gasteiger partial charge in [0.1, 0.15) is 5.69 Å². The second-order valence-electron chi connectivity index (χ2n) is 7.85. The molecule has 0 saturated carbocycles. The van der Waals surface area contributed by atoms with Crippen LogP contribution < -0.4 is 5.43 Å². The number of pyridine rings is 1. The van der Waals surface area contributed by atoms with Crippen molar-refractivity contribution in [2.75, 3.05) is 6.26 Å². The zero-order valence-corrected chi connectivity index (χ0v) is 18.3. The molecule has 0 bridgehead atoms. The highest BCUT2D eigenvalue weighted by Gasteiger charge is 2.20. The average molecular weight is 448 g/mol. The molecule has 0 N–H and O–H groups in total. The summed E-state index contributed by atoms with van der Waals surface area (Å²) in [5.74, 6) is 0.720. The molecule has 0 radical (unpaired) electrons. The van der Waals surface area contributed by atoms with Crippen molar-refractivity contribution in [3.63, 3.8) is 0 Å². The number of hydrogen-bond acceptors (Lipinski definition) is 6. The van der Waals surface area contributed by atoms with E-state index >= 15 is 0 Å². The second-order valence-corrected chi connectivity index (χ2v) is 9.87. The highest BCUT2D eigenvalue weighted by Crippen LogP contribution is 2.27. The summed E-state index contributed by atoms with van der Waals surface area (Å²) in [6.45, 7) is 0. The number of benzene rings is 1. The molecule has 8 nitrogen and oxygen atoms in total. The number of rotatable bonds is 4. The molecule has 5 rings (SSSR count). The van der Waals surface area contributed by atoms with Crippen LogP contribution in [-0.4, -0.2) is 39.2 Å². The lowest BCUT2D eigenvalue weighted by molar-refractivity contribution is 0.601. The third-order valence-electron chi connectivity index (χ3n) is 5.66. The molecular formula is C23H21N5O3S. The molecule has 4 aromatic rings. The minimum Gasteiger partial charge on any atom is -0.287 e. The van der Waals surface area contributed by atoms with Crippen LogP contribution in [0.5, 0.6) is 0 Å². The summed E-state index contributed by atoms with van der Waals surface area (Å²) >= 11 is 0. The van der Waals surface area contributed by atoms with Crippen molar-refractivity contribution in [1.29, 1.82) is 0 Å². The first-order valence-electron chi connectivity index (χ1n) is 10.3. The summed E-state index contributed by atoms with van der Waals surface area (Å²) in [6.07, 6.45) is 10.3. The zero-order valence-electron chi connectivity index (χ0n) is 17.5. The Kier molecular flexibility index (Phi) is 4.97. The number of aromatic nitrogens is 5. The standard InChI is InChI=1S/C23H21N5O3S/c1-32(30,31)18-7-4-6-17(15-18)27-14-11-21(29)22(26-27)20-10-13-25-28(20)23-19-8-3-2-5-16(19)9-12-24-23/h4,6-7,9-15H,2-3,5,8H2,1H3. The second kappa shape index (κ2) is 7.83. The topological polar surface area (TPSA) is 99.7 Å². The van der Waals surface area contributed by atoms with E-state index in [2.05, 4.69) is 15.2 Å². The van der Waals surface area contributed by atoms with E-state index < -0.39 is 9.84 Å². The smallest absolute Gasteiger partial charge is 0.209 e. The Balaban J connectivity index is 1.64. The van der Waals surface area contributed by atoms with Crippen molar-refractivity contribution in [2.24, 2.45) is 0 Å². The largest absolute Gasteiger partial charge is 0.287 e. The molecule has 9 heteroatoms. The molecule has 0 spiro atoms. The molecule has 3 aromatic heterocycles. The first-order chi connectivity index (χ1) is 15.4. The molecule has 0 saturated heterocycles. The SMILES string of the molecule is CS(=O)(=O)c1cccc(-n2ccc(=O)c(-c3ccnn3-c3nccc4c3CCCC4)n2)c1. The van der Waals surface area contributed by atoms with Crippen LogP contribution in [0.3, 0.4) is 0 Å². The molecule has 1 aliphatic carbocycles. The van der Waals surface area contributed by atoms with Crippen LogP contribution >= 0.6 is 0 Å². The van der Waals surface area contributed by atoms with Crippen molar-refractivity contribution in [3.05, 3.63) is 82.4 Å². The minimum atomic E-state index is -3.37. The monoisotopic (exact) mass is 447 g/mol. The first kappa shape index (κ1) is 20.3. The molecule has 0 atom stereocenters. The van der Waals surface area contributed by atoms with Gasteiger partial charge in [0.05, 0.1) is 16.8 Å². The van der Waals surface area contributed by atoms with Crippen LogP contribution in [0.4, 0.5) is 0 Å². The summed E-state index contributed by atoms with van der Waals surface area (Å²) in [6, 6.07) is 11.7. The van der Waals surface area contributed by atoms with Gasteiger partial charge in [-0.05, 0) is 61.6 Å². The van der Waals surface area contributed by atoms with Crippen molar-refractivity contribution in [2.45, 2.75) is 30.6 Å². The van der Waals surface area contributed by atoms with E-state index in [0.717, 1.165) is 43.3 Å². The molecule has 162 valence electrons. The Morgan fingerprint density at radius 1 is 1.00 bits per heavy atom. The fraction of sp³-hybridized carbons (Fsp3) is 0.217. The van der Waals surface area contributed by atoms with Crippen LogP contribution in [0.2, 0.25) is 0 Å². The van der Waals surface area contributed by atoms with Crippen LogP contribution in [0.1, 0.15) is 24.0 Å². The normalized spacial score (nSPS) is 13.7. The molecule has 1 aliphatic rings. The zero-order chi connectivity index (χ0) is 22.3. The van der Waals surface area contributed by atoms with E-state index in [9.17, 15) is 13.2 Å². The Morgan fingerprint density at radius 2 is 1.84 bits per heavy atom. The molecule has 32 heavy (non-hydrogen) atoms. The van der Waals surface area contributed by atoms with Gasteiger partial charge >= 0.3 is 0 Å². The van der Waals surface area contributed by atoms with Crippen molar-refractivity contribution in [1.82, 2.24) is 24.5 Å². The first-order valence-corrected chi connectivity index (χ1v) is 12.2. The molecule has 3 heterocycles. The Bertz CT molecular complexity index is 1490. The van der Waals surface area contributed by atoms with E-state index in [1.165, 1.54) is 34.6 Å². The van der Waals surface area contributed by atoms with Crippen molar-refractivity contribution in [3.8, 4) is 22.9 Å². The maximum atomic E-state index is 12.8. The molecular weight excluding hydrogens is 426 g/mol. The van der Waals surface area contributed by atoms with E-state index in [-0.39, 0.29) is 16.0 Å². The van der Waals surface area contributed by atoms with Gasteiger partial charge in [-0.1, -0.05) is 6.07 Å². The van der Waals surface area contributed by atoms with Crippen LogP contribution in [0, 0.1) is 0 Å². The fourth-order valence-electron chi connectivity index (χ4n) is 4.06. The third-order valence-corrected chi connectivity index (χ3v) is 6.77. The summed E-state index contributed by atoms with van der Waals surface area (Å²) in [7, 11) is -3.37. The maximum absolute atomic E-state index is 12.8. The van der Waals surface area contributed by atoms with E-state index in [1.807, 2.05) is 6.07 Å². The maximum Gasteiger partial charge on any atom is 0.209 e. The summed E-state index contributed by atoms with van der Waals surface area (Å²) in [5.41, 5.74) is 3.45. The van der Waals surface area contributed by atoms with Gasteiger partial charge in [0.25, 0.3) is 0 Å². The predicted molar refractivity (Wildman–Crippen MR) is 120 cm³/mol. The molecule has 1 aromatic carbocycles. The predicted octanol–water partition coefficient (Wildman–Crippen LogP) is 2.76. The van der Waals surface area contributed by atoms with Gasteiger partial charge in [-0.2, -0.15) is 10.2 Å². The van der Waals surface area contributed by atoms with Crippen molar-refractivity contribution >= 4 is 9.84 Å². The average Bonchev–Trinajstić information content (AvgIpc) is 3.28. The molecule has 0 aliphatic heterocycles. The number of hydrogen-bond donors (Lipinski definition) is 0. The molecule has 0 unspecified atom stereocenters. The van der Waals surface area contributed by atoms with Crippen LogP contribution in [0.25, 0.3) is 22.9 Å². The van der Waals surface area contributed by atoms with E-state index in [0.29, 0.717) is 11.4 Å². The number of sulfone groups is 1. The Morgan fingerprint density at radius 3 is 2.69 bits per heavy atom. The van der Waals surface area contributed by atoms with Gasteiger partial charge in [-0.15, -0.1) is 0 Å². The number of fused-ring (bicyclic) bond motifs is 1. The van der Waals surface area contributed by atoms with E-state index in [1.54, 1.807) is 35.3 Å². The van der Waals surface area contributed by atoms with Gasteiger partial charge in [-0.25, -0.2) is 22.8 Å². The van der Waals surface area contributed by atoms with Crippen molar-refractivity contribution < 1.29 is 8.42 Å². The minimum absolute atomic E-state index is 0.183. The van der Waals surface area contributed by atoms with Gasteiger partial charge in [0.2, 0.25) is 5.43 Å².